The van der Waals surface area contributed by atoms with Crippen LogP contribution in [0.1, 0.15) is 57.3 Å². The van der Waals surface area contributed by atoms with Crippen molar-refractivity contribution in [2.75, 3.05) is 17.8 Å². The number of hydrogen-bond donors (Lipinski definition) is 2. The van der Waals surface area contributed by atoms with Crippen LogP contribution >= 0.6 is 0 Å². The molecule has 0 radical (unpaired) electrons. The topological polar surface area (TPSA) is 99.6 Å². The Morgan fingerprint density at radius 2 is 1.71 bits per heavy atom. The van der Waals surface area contributed by atoms with Gasteiger partial charge in [0.05, 0.1) is 11.1 Å². The number of likely N-dealkylation sites (tertiary alicyclic amines) is 1. The summed E-state index contributed by atoms with van der Waals surface area (Å²) < 4.78 is 43.1. The maximum atomic E-state index is 14.3. The first-order valence-electron chi connectivity index (χ1n) is 13.6. The van der Waals surface area contributed by atoms with E-state index in [1.165, 1.54) is 12.1 Å². The molecule has 0 aliphatic carbocycles. The van der Waals surface area contributed by atoms with E-state index < -0.39 is 15.6 Å². The molecule has 0 bridgehead atoms. The number of fused-ring (bicyclic) bond motifs is 1. The van der Waals surface area contributed by atoms with Gasteiger partial charge in [0.25, 0.3) is 15.9 Å². The highest BCUT2D eigenvalue weighted by Crippen LogP contribution is 2.34. The lowest BCUT2D eigenvalue weighted by Crippen LogP contribution is -2.47. The number of para-hydroxylation sites is 1. The van der Waals surface area contributed by atoms with E-state index in [4.69, 9.17) is 0 Å². The fraction of sp³-hybridized carbons (Fsp3) is 0.312. The van der Waals surface area contributed by atoms with Gasteiger partial charge in [0.1, 0.15) is 10.7 Å². The standard InChI is InChI=1S/C32H36FN3O4S/c1-5-23(4)28(33)16-15-27(22(2)3)32(38)17-20-36(21-18-32)31(37)25-11-13-26(14-12-25)35-41(39,40)29-10-6-8-24-9-7-19-34-30(24)29/h6-16,19,35,38H,5,17-18,20-21H2,1-4H3. The number of allylic oxidation sites excluding steroid dienone is 4. The number of hydrogen-bond acceptors (Lipinski definition) is 5. The van der Waals surface area contributed by atoms with Gasteiger partial charge in [-0.1, -0.05) is 36.8 Å². The molecule has 0 spiro atoms. The third-order valence-corrected chi connectivity index (χ3v) is 8.93. The summed E-state index contributed by atoms with van der Waals surface area (Å²) >= 11 is 0. The predicted molar refractivity (Wildman–Crippen MR) is 161 cm³/mol. The van der Waals surface area contributed by atoms with Crippen molar-refractivity contribution in [2.24, 2.45) is 0 Å². The third kappa shape index (κ3) is 6.74. The molecule has 41 heavy (non-hydrogen) atoms. The Morgan fingerprint density at radius 1 is 1.05 bits per heavy atom. The van der Waals surface area contributed by atoms with Crippen molar-refractivity contribution < 1.29 is 22.7 Å². The van der Waals surface area contributed by atoms with E-state index in [0.29, 0.717) is 65.7 Å². The zero-order valence-corrected chi connectivity index (χ0v) is 24.6. The molecule has 3 aromatic rings. The number of carbonyl (C=O) groups excluding carboxylic acids is 1. The molecule has 2 aromatic carbocycles. The number of nitrogens with one attached hydrogen (secondary N) is 1. The summed E-state index contributed by atoms with van der Waals surface area (Å²) in [4.78, 5) is 19.2. The summed E-state index contributed by atoms with van der Waals surface area (Å²) in [5.41, 5.74) is 2.15. The van der Waals surface area contributed by atoms with Crippen LogP contribution in [0.4, 0.5) is 10.1 Å². The van der Waals surface area contributed by atoms with Crippen molar-refractivity contribution in [2.45, 2.75) is 57.5 Å². The third-order valence-electron chi connectivity index (χ3n) is 7.52. The molecular weight excluding hydrogens is 541 g/mol. The first-order chi connectivity index (χ1) is 19.4. The summed E-state index contributed by atoms with van der Waals surface area (Å²) in [5, 5.41) is 12.1. The smallest absolute Gasteiger partial charge is 0.264 e. The Labute approximate surface area is 241 Å². The van der Waals surface area contributed by atoms with Crippen molar-refractivity contribution in [1.82, 2.24) is 9.88 Å². The SMILES string of the molecule is CCC(C)=C(F)C=CC(=C(C)C)C1(O)CCN(C(=O)c2ccc(NS(=O)(=O)c3cccc4cccnc34)cc2)CC1. The van der Waals surface area contributed by atoms with E-state index in [1.807, 2.05) is 20.8 Å². The molecule has 1 aliphatic rings. The average Bonchev–Trinajstić information content (AvgIpc) is 2.96. The lowest BCUT2D eigenvalue weighted by molar-refractivity contribution is 0.0125. The van der Waals surface area contributed by atoms with E-state index in [-0.39, 0.29) is 16.6 Å². The molecule has 2 heterocycles. The lowest BCUT2D eigenvalue weighted by atomic mass is 9.81. The number of sulfonamides is 1. The van der Waals surface area contributed by atoms with Crippen molar-refractivity contribution in [3.8, 4) is 0 Å². The number of benzene rings is 2. The number of pyridine rings is 1. The molecule has 7 nitrogen and oxygen atoms in total. The van der Waals surface area contributed by atoms with Crippen LogP contribution in [-0.2, 0) is 10.0 Å². The molecule has 2 N–H and O–H groups in total. The molecule has 1 aliphatic heterocycles. The van der Waals surface area contributed by atoms with Gasteiger partial charge in [0.2, 0.25) is 0 Å². The highest BCUT2D eigenvalue weighted by molar-refractivity contribution is 7.93. The molecular formula is C32H36FN3O4S. The van der Waals surface area contributed by atoms with Gasteiger partial charge in [-0.15, -0.1) is 0 Å². The zero-order valence-electron chi connectivity index (χ0n) is 23.8. The highest BCUT2D eigenvalue weighted by Gasteiger charge is 2.37. The van der Waals surface area contributed by atoms with Crippen molar-refractivity contribution >= 4 is 32.5 Å². The van der Waals surface area contributed by atoms with E-state index in [9.17, 15) is 22.7 Å². The largest absolute Gasteiger partial charge is 0.385 e. The minimum atomic E-state index is -3.91. The number of aromatic nitrogens is 1. The van der Waals surface area contributed by atoms with E-state index in [2.05, 4.69) is 9.71 Å². The summed E-state index contributed by atoms with van der Waals surface area (Å²) in [7, 11) is -3.91. The van der Waals surface area contributed by atoms with Crippen molar-refractivity contribution in [3.63, 3.8) is 0 Å². The number of carbonyl (C=O) groups is 1. The number of anilines is 1. The molecule has 216 valence electrons. The number of rotatable bonds is 8. The van der Waals surface area contributed by atoms with E-state index in [0.717, 1.165) is 5.57 Å². The average molecular weight is 578 g/mol. The van der Waals surface area contributed by atoms with Gasteiger partial charge in [-0.05, 0) is 93.7 Å². The first kappa shape index (κ1) is 30.1. The maximum Gasteiger partial charge on any atom is 0.264 e. The van der Waals surface area contributed by atoms with Crippen LogP contribution < -0.4 is 4.72 Å². The molecule has 1 aromatic heterocycles. The fourth-order valence-electron chi connectivity index (χ4n) is 4.97. The van der Waals surface area contributed by atoms with Gasteiger partial charge in [0, 0.05) is 35.9 Å². The Kier molecular flexibility index (Phi) is 9.09. The predicted octanol–water partition coefficient (Wildman–Crippen LogP) is 6.55. The van der Waals surface area contributed by atoms with E-state index in [1.54, 1.807) is 72.6 Å². The summed E-state index contributed by atoms with van der Waals surface area (Å²) in [6.07, 6.45) is 5.85. The molecule has 4 rings (SSSR count). The van der Waals surface area contributed by atoms with Crippen molar-refractivity contribution in [1.29, 1.82) is 0 Å². The van der Waals surface area contributed by atoms with E-state index >= 15 is 0 Å². The van der Waals surface area contributed by atoms with Crippen LogP contribution in [0.15, 0.2) is 100 Å². The minimum Gasteiger partial charge on any atom is -0.385 e. The molecule has 0 atom stereocenters. The van der Waals surface area contributed by atoms with Crippen LogP contribution in [0.3, 0.4) is 0 Å². The normalized spacial score (nSPS) is 16.0. The van der Waals surface area contributed by atoms with Crippen LogP contribution in [0.2, 0.25) is 0 Å². The van der Waals surface area contributed by atoms with Gasteiger partial charge >= 0.3 is 0 Å². The van der Waals surface area contributed by atoms with Crippen LogP contribution in [0.5, 0.6) is 0 Å². The fourth-order valence-corrected chi connectivity index (χ4v) is 6.21. The lowest BCUT2D eigenvalue weighted by Gasteiger charge is -2.39. The Morgan fingerprint density at radius 3 is 2.34 bits per heavy atom. The maximum absolute atomic E-state index is 14.3. The Bertz CT molecular complexity index is 1630. The molecule has 0 unspecified atom stereocenters. The second kappa shape index (κ2) is 12.4. The van der Waals surface area contributed by atoms with Gasteiger partial charge in [-0.2, -0.15) is 0 Å². The van der Waals surface area contributed by atoms with Gasteiger partial charge < -0.3 is 10.0 Å². The number of piperidine rings is 1. The first-order valence-corrected chi connectivity index (χ1v) is 15.1. The number of nitrogens with zero attached hydrogens (tertiary/aromatic N) is 2. The second-order valence-corrected chi connectivity index (χ2v) is 12.2. The molecule has 1 saturated heterocycles. The molecule has 1 amide bonds. The Balaban J connectivity index is 1.43. The summed E-state index contributed by atoms with van der Waals surface area (Å²) in [5.74, 6) is -0.511. The number of halogens is 1. The van der Waals surface area contributed by atoms with Gasteiger partial charge in [-0.3, -0.25) is 14.5 Å². The number of amides is 1. The van der Waals surface area contributed by atoms with Crippen molar-refractivity contribution in [3.05, 3.63) is 101 Å². The van der Waals surface area contributed by atoms with Crippen LogP contribution in [0.25, 0.3) is 10.9 Å². The summed E-state index contributed by atoms with van der Waals surface area (Å²) in [6.45, 7) is 8.06. The highest BCUT2D eigenvalue weighted by atomic mass is 32.2. The molecule has 9 heteroatoms. The second-order valence-electron chi connectivity index (χ2n) is 10.6. The minimum absolute atomic E-state index is 0.0707. The molecule has 0 saturated carbocycles. The monoisotopic (exact) mass is 577 g/mol. The van der Waals surface area contributed by atoms with Gasteiger partial charge in [0.15, 0.2) is 0 Å². The Hall–Kier alpha value is -3.82. The van der Waals surface area contributed by atoms with Crippen LogP contribution in [-0.4, -0.2) is 48.0 Å². The zero-order chi connectivity index (χ0) is 29.8. The van der Waals surface area contributed by atoms with Gasteiger partial charge in [-0.25, -0.2) is 12.8 Å². The molecule has 1 fully saturated rings. The van der Waals surface area contributed by atoms with Crippen LogP contribution in [0, 0.1) is 0 Å². The quantitative estimate of drug-likeness (QED) is 0.296. The number of aliphatic hydroxyl groups is 1. The summed E-state index contributed by atoms with van der Waals surface area (Å²) in [6, 6.07) is 14.8.